The van der Waals surface area contributed by atoms with E-state index in [2.05, 4.69) is 4.98 Å². The van der Waals surface area contributed by atoms with E-state index in [1.807, 2.05) is 20.8 Å². The summed E-state index contributed by atoms with van der Waals surface area (Å²) in [5, 5.41) is 0. The van der Waals surface area contributed by atoms with Gasteiger partial charge in [-0.1, -0.05) is 5.57 Å². The highest BCUT2D eigenvalue weighted by Crippen LogP contribution is 2.06. The topological polar surface area (TPSA) is 30.0 Å². The van der Waals surface area contributed by atoms with Crippen LogP contribution in [0.5, 0.6) is 0 Å². The molecule has 0 fully saturated rings. The molecule has 0 saturated heterocycles. The van der Waals surface area contributed by atoms with E-state index in [0.717, 1.165) is 11.3 Å². The molecule has 1 heterocycles. The second-order valence-electron chi connectivity index (χ2n) is 3.22. The molecule has 0 aromatic carbocycles. The summed E-state index contributed by atoms with van der Waals surface area (Å²) in [5.41, 5.74) is 2.47. The van der Waals surface area contributed by atoms with Crippen molar-refractivity contribution in [2.45, 2.75) is 20.8 Å². The first-order valence-corrected chi connectivity index (χ1v) is 4.22. The van der Waals surface area contributed by atoms with E-state index in [4.69, 9.17) is 0 Å². The van der Waals surface area contributed by atoms with Crippen LogP contribution in [-0.2, 0) is 0 Å². The molecule has 0 saturated carbocycles. The Balaban J connectivity index is 3.03. The lowest BCUT2D eigenvalue weighted by atomic mass is 10.1. The molecule has 0 amide bonds. The quantitative estimate of drug-likeness (QED) is 0.510. The van der Waals surface area contributed by atoms with Crippen LogP contribution in [0.4, 0.5) is 0 Å². The number of allylic oxidation sites excluding steroid dienone is 2. The maximum absolute atomic E-state index is 11.6. The summed E-state index contributed by atoms with van der Waals surface area (Å²) in [6.45, 7) is 5.65. The zero-order valence-corrected chi connectivity index (χ0v) is 8.16. The van der Waals surface area contributed by atoms with Gasteiger partial charge in [0.1, 0.15) is 0 Å². The van der Waals surface area contributed by atoms with Crippen LogP contribution in [-0.4, -0.2) is 10.8 Å². The molecule has 0 atom stereocenters. The van der Waals surface area contributed by atoms with Gasteiger partial charge >= 0.3 is 0 Å². The molecule has 13 heavy (non-hydrogen) atoms. The second kappa shape index (κ2) is 3.99. The molecule has 0 aliphatic carbocycles. The molecule has 0 N–H and O–H groups in total. The van der Waals surface area contributed by atoms with Crippen molar-refractivity contribution in [1.29, 1.82) is 0 Å². The van der Waals surface area contributed by atoms with E-state index in [1.54, 1.807) is 24.4 Å². The average molecular weight is 175 g/mol. The number of pyridine rings is 1. The van der Waals surface area contributed by atoms with Crippen LogP contribution in [0, 0.1) is 6.92 Å². The van der Waals surface area contributed by atoms with E-state index in [0.29, 0.717) is 5.56 Å². The van der Waals surface area contributed by atoms with Gasteiger partial charge in [-0.3, -0.25) is 9.78 Å². The number of nitrogens with zero attached hydrogens (tertiary/aromatic N) is 1. The summed E-state index contributed by atoms with van der Waals surface area (Å²) in [5.74, 6) is 0.0330. The van der Waals surface area contributed by atoms with E-state index in [1.165, 1.54) is 0 Å². The lowest BCUT2D eigenvalue weighted by Crippen LogP contribution is -1.99. The molecule has 1 aromatic heterocycles. The van der Waals surface area contributed by atoms with E-state index < -0.39 is 0 Å². The standard InChI is InChI=1S/C11H13NO/c1-8(2)7-11(13)10-5-4-6-12-9(10)3/h4-7H,1-3H3. The summed E-state index contributed by atoms with van der Waals surface area (Å²) in [6.07, 6.45) is 3.32. The lowest BCUT2D eigenvalue weighted by Gasteiger charge is -1.99. The minimum Gasteiger partial charge on any atom is -0.289 e. The summed E-state index contributed by atoms with van der Waals surface area (Å²) < 4.78 is 0. The van der Waals surface area contributed by atoms with Gasteiger partial charge in [-0.15, -0.1) is 0 Å². The van der Waals surface area contributed by atoms with Crippen LogP contribution >= 0.6 is 0 Å². The first-order valence-electron chi connectivity index (χ1n) is 4.22. The molecular weight excluding hydrogens is 162 g/mol. The third kappa shape index (κ3) is 2.51. The van der Waals surface area contributed by atoms with Gasteiger partial charge in [0.05, 0.1) is 0 Å². The van der Waals surface area contributed by atoms with Crippen LogP contribution in [0.1, 0.15) is 29.9 Å². The molecule has 0 aliphatic rings. The number of carbonyl (C=O) groups excluding carboxylic acids is 1. The fraction of sp³-hybridized carbons (Fsp3) is 0.273. The van der Waals surface area contributed by atoms with Gasteiger partial charge in [0, 0.05) is 17.5 Å². The Morgan fingerprint density at radius 2 is 2.15 bits per heavy atom. The van der Waals surface area contributed by atoms with Crippen molar-refractivity contribution >= 4 is 5.78 Å². The van der Waals surface area contributed by atoms with Crippen LogP contribution < -0.4 is 0 Å². The molecule has 0 spiro atoms. The Bertz CT molecular complexity index is 349. The molecule has 1 rings (SSSR count). The average Bonchev–Trinajstić information content (AvgIpc) is 2.03. The van der Waals surface area contributed by atoms with Gasteiger partial charge in [0.25, 0.3) is 0 Å². The molecule has 2 heteroatoms. The molecule has 0 unspecified atom stereocenters. The maximum atomic E-state index is 11.6. The number of hydrogen-bond acceptors (Lipinski definition) is 2. The van der Waals surface area contributed by atoms with Crippen molar-refractivity contribution in [2.24, 2.45) is 0 Å². The fourth-order valence-corrected chi connectivity index (χ4v) is 1.08. The van der Waals surface area contributed by atoms with Gasteiger partial charge in [0.15, 0.2) is 5.78 Å². The van der Waals surface area contributed by atoms with Crippen LogP contribution in [0.2, 0.25) is 0 Å². The minimum absolute atomic E-state index is 0.0330. The van der Waals surface area contributed by atoms with Gasteiger partial charge < -0.3 is 0 Å². The van der Waals surface area contributed by atoms with Gasteiger partial charge in [0.2, 0.25) is 0 Å². The highest BCUT2D eigenvalue weighted by Gasteiger charge is 2.05. The van der Waals surface area contributed by atoms with Gasteiger partial charge in [-0.25, -0.2) is 0 Å². The highest BCUT2D eigenvalue weighted by molar-refractivity contribution is 6.05. The van der Waals surface area contributed by atoms with Crippen molar-refractivity contribution < 1.29 is 4.79 Å². The van der Waals surface area contributed by atoms with Crippen molar-refractivity contribution in [3.63, 3.8) is 0 Å². The molecule has 2 nitrogen and oxygen atoms in total. The molecule has 1 aromatic rings. The van der Waals surface area contributed by atoms with Crippen LogP contribution in [0.25, 0.3) is 0 Å². The normalized spacial score (nSPS) is 9.46. The summed E-state index contributed by atoms with van der Waals surface area (Å²) >= 11 is 0. The largest absolute Gasteiger partial charge is 0.289 e. The van der Waals surface area contributed by atoms with Crippen molar-refractivity contribution in [3.05, 3.63) is 41.2 Å². The zero-order valence-electron chi connectivity index (χ0n) is 8.16. The molecular formula is C11H13NO. The van der Waals surface area contributed by atoms with E-state index in [9.17, 15) is 4.79 Å². The summed E-state index contributed by atoms with van der Waals surface area (Å²) in [6, 6.07) is 3.57. The molecule has 0 bridgehead atoms. The van der Waals surface area contributed by atoms with Crippen molar-refractivity contribution in [2.75, 3.05) is 0 Å². The van der Waals surface area contributed by atoms with Gasteiger partial charge in [-0.05, 0) is 39.0 Å². The number of rotatable bonds is 2. The zero-order chi connectivity index (χ0) is 9.84. The third-order valence-corrected chi connectivity index (χ3v) is 1.69. The van der Waals surface area contributed by atoms with E-state index in [-0.39, 0.29) is 5.78 Å². The molecule has 68 valence electrons. The summed E-state index contributed by atoms with van der Waals surface area (Å²) in [4.78, 5) is 15.6. The smallest absolute Gasteiger partial charge is 0.187 e. The first-order chi connectivity index (χ1) is 6.11. The van der Waals surface area contributed by atoms with Crippen LogP contribution in [0.3, 0.4) is 0 Å². The molecule has 0 radical (unpaired) electrons. The molecule has 0 aliphatic heterocycles. The lowest BCUT2D eigenvalue weighted by molar-refractivity contribution is 0.104. The Hall–Kier alpha value is -1.44. The highest BCUT2D eigenvalue weighted by atomic mass is 16.1. The Labute approximate surface area is 78.3 Å². The van der Waals surface area contributed by atoms with Crippen molar-refractivity contribution in [1.82, 2.24) is 4.98 Å². The summed E-state index contributed by atoms with van der Waals surface area (Å²) in [7, 11) is 0. The second-order valence-corrected chi connectivity index (χ2v) is 3.22. The minimum atomic E-state index is 0.0330. The van der Waals surface area contributed by atoms with Gasteiger partial charge in [-0.2, -0.15) is 0 Å². The first kappa shape index (κ1) is 9.65. The Morgan fingerprint density at radius 1 is 1.46 bits per heavy atom. The van der Waals surface area contributed by atoms with Crippen LogP contribution in [0.15, 0.2) is 30.0 Å². The number of hydrogen-bond donors (Lipinski definition) is 0. The fourth-order valence-electron chi connectivity index (χ4n) is 1.08. The number of carbonyl (C=O) groups is 1. The number of ketones is 1. The predicted octanol–water partition coefficient (Wildman–Crippen LogP) is 2.54. The van der Waals surface area contributed by atoms with E-state index >= 15 is 0 Å². The monoisotopic (exact) mass is 175 g/mol. The predicted molar refractivity (Wildman–Crippen MR) is 52.7 cm³/mol. The number of aryl methyl sites for hydroxylation is 1. The Morgan fingerprint density at radius 3 is 2.69 bits per heavy atom. The maximum Gasteiger partial charge on any atom is 0.187 e. The third-order valence-electron chi connectivity index (χ3n) is 1.69. The SMILES string of the molecule is CC(C)=CC(=O)c1cccnc1C. The Kier molecular flexibility index (Phi) is 2.96. The van der Waals surface area contributed by atoms with Crippen molar-refractivity contribution in [3.8, 4) is 0 Å². The number of aromatic nitrogens is 1.